The van der Waals surface area contributed by atoms with Gasteiger partial charge < -0.3 is 5.32 Å². The van der Waals surface area contributed by atoms with E-state index < -0.39 is 10.0 Å². The van der Waals surface area contributed by atoms with E-state index in [4.69, 9.17) is 11.6 Å². The van der Waals surface area contributed by atoms with Crippen LogP contribution in [0.25, 0.3) is 0 Å². The van der Waals surface area contributed by atoms with Gasteiger partial charge in [-0.1, -0.05) is 18.5 Å². The molecular weight excluding hydrogens is 300 g/mol. The van der Waals surface area contributed by atoms with Crippen molar-refractivity contribution in [3.8, 4) is 0 Å². The van der Waals surface area contributed by atoms with E-state index in [0.29, 0.717) is 18.4 Å². The van der Waals surface area contributed by atoms with E-state index in [1.807, 2.05) is 0 Å². The largest absolute Gasteiger partial charge is 0.352 e. The summed E-state index contributed by atoms with van der Waals surface area (Å²) in [6, 6.07) is 4.23. The molecule has 0 aliphatic heterocycles. The van der Waals surface area contributed by atoms with E-state index in [1.54, 1.807) is 0 Å². The number of halogens is 1. The number of amides is 1. The van der Waals surface area contributed by atoms with Gasteiger partial charge in [-0.2, -0.15) is 0 Å². The molecule has 2 N–H and O–H groups in total. The highest BCUT2D eigenvalue weighted by molar-refractivity contribution is 7.89. The number of nitrogens with one attached hydrogen (secondary N) is 2. The lowest BCUT2D eigenvalue weighted by Gasteiger charge is -2.08. The highest BCUT2D eigenvalue weighted by Gasteiger charge is 2.32. The third-order valence-electron chi connectivity index (χ3n) is 3.55. The number of carbonyl (C=O) groups is 1. The molecule has 0 unspecified atom stereocenters. The first-order chi connectivity index (χ1) is 9.35. The lowest BCUT2D eigenvalue weighted by Crippen LogP contribution is -2.26. The Morgan fingerprint density at radius 3 is 2.65 bits per heavy atom. The number of rotatable bonds is 5. The van der Waals surface area contributed by atoms with Gasteiger partial charge >= 0.3 is 0 Å². The van der Waals surface area contributed by atoms with E-state index in [-0.39, 0.29) is 21.4 Å². The second-order valence-electron chi connectivity index (χ2n) is 5.04. The quantitative estimate of drug-likeness (QED) is 0.867. The molecular formula is C13H17ClN2O3S. The Morgan fingerprint density at radius 2 is 2.10 bits per heavy atom. The molecule has 0 aromatic heterocycles. The molecule has 110 valence electrons. The van der Waals surface area contributed by atoms with Gasteiger partial charge in [-0.15, -0.1) is 0 Å². The zero-order valence-corrected chi connectivity index (χ0v) is 12.9. The Hall–Kier alpha value is -1.11. The van der Waals surface area contributed by atoms with Crippen molar-refractivity contribution in [3.63, 3.8) is 0 Å². The molecule has 0 heterocycles. The number of sulfonamides is 1. The van der Waals surface area contributed by atoms with Crippen LogP contribution in [0.5, 0.6) is 0 Å². The fourth-order valence-electron chi connectivity index (χ4n) is 1.97. The van der Waals surface area contributed by atoms with Gasteiger partial charge in [-0.3, -0.25) is 4.79 Å². The molecule has 1 aromatic rings. The maximum absolute atomic E-state index is 12.0. The first-order valence-electron chi connectivity index (χ1n) is 6.36. The van der Waals surface area contributed by atoms with Crippen molar-refractivity contribution < 1.29 is 13.2 Å². The Morgan fingerprint density at radius 1 is 1.45 bits per heavy atom. The van der Waals surface area contributed by atoms with Crippen LogP contribution in [-0.4, -0.2) is 27.9 Å². The van der Waals surface area contributed by atoms with Gasteiger partial charge in [0, 0.05) is 12.1 Å². The second-order valence-corrected chi connectivity index (χ2v) is 7.30. The minimum atomic E-state index is -3.67. The Bertz CT molecular complexity index is 631. The monoisotopic (exact) mass is 316 g/mol. The third-order valence-corrected chi connectivity index (χ3v) is 5.45. The third kappa shape index (κ3) is 3.31. The first-order valence-corrected chi connectivity index (χ1v) is 8.22. The van der Waals surface area contributed by atoms with Gasteiger partial charge in [-0.25, -0.2) is 13.1 Å². The van der Waals surface area contributed by atoms with Crippen molar-refractivity contribution in [2.75, 3.05) is 13.6 Å². The zero-order valence-electron chi connectivity index (χ0n) is 11.3. The predicted octanol–water partition coefficient (Wildman–Crippen LogP) is 1.63. The Balaban J connectivity index is 2.16. The summed E-state index contributed by atoms with van der Waals surface area (Å²) in [5, 5.41) is 2.90. The summed E-state index contributed by atoms with van der Waals surface area (Å²) < 4.78 is 25.8. The van der Waals surface area contributed by atoms with E-state index >= 15 is 0 Å². The summed E-state index contributed by atoms with van der Waals surface area (Å²) in [6.45, 7) is 2.76. The van der Waals surface area contributed by atoms with Crippen molar-refractivity contribution in [1.82, 2.24) is 10.0 Å². The van der Waals surface area contributed by atoms with Crippen LogP contribution in [-0.2, 0) is 10.0 Å². The summed E-state index contributed by atoms with van der Waals surface area (Å²) in [5.74, 6) is 0.904. The molecule has 1 aliphatic rings. The van der Waals surface area contributed by atoms with Gasteiger partial charge in [0.25, 0.3) is 5.91 Å². The summed E-state index contributed by atoms with van der Waals surface area (Å²) in [6.07, 6.45) is 1.13. The summed E-state index contributed by atoms with van der Waals surface area (Å²) in [5.41, 5.74) is 0.288. The van der Waals surface area contributed by atoms with Crippen molar-refractivity contribution in [2.45, 2.75) is 18.2 Å². The van der Waals surface area contributed by atoms with E-state index in [2.05, 4.69) is 17.0 Å². The van der Waals surface area contributed by atoms with Gasteiger partial charge in [0.2, 0.25) is 10.0 Å². The van der Waals surface area contributed by atoms with Crippen LogP contribution in [0, 0.1) is 11.8 Å². The number of hydrogen-bond donors (Lipinski definition) is 2. The van der Waals surface area contributed by atoms with Crippen LogP contribution in [0.2, 0.25) is 5.02 Å². The molecule has 1 aromatic carbocycles. The standard InChI is InChI=1S/C13H17ClN2O3S/c1-8-5-10(8)7-16-13(17)9-3-4-11(14)12(6-9)20(18,19)15-2/h3-4,6,8,10,15H,5,7H2,1-2H3,(H,16,17)/t8-,10+/m1/s1. The maximum atomic E-state index is 12.0. The van der Waals surface area contributed by atoms with Gasteiger partial charge in [0.15, 0.2) is 0 Å². The Labute approximate surface area is 123 Å². The van der Waals surface area contributed by atoms with Crippen LogP contribution in [0.1, 0.15) is 23.7 Å². The van der Waals surface area contributed by atoms with Crippen LogP contribution in [0.15, 0.2) is 23.1 Å². The average Bonchev–Trinajstić information content (AvgIpc) is 3.12. The molecule has 0 bridgehead atoms. The molecule has 2 atom stereocenters. The molecule has 1 fully saturated rings. The van der Waals surface area contributed by atoms with Crippen molar-refractivity contribution in [3.05, 3.63) is 28.8 Å². The molecule has 2 rings (SSSR count). The van der Waals surface area contributed by atoms with E-state index in [9.17, 15) is 13.2 Å². The Kier molecular flexibility index (Phi) is 4.36. The SMILES string of the molecule is CNS(=O)(=O)c1cc(C(=O)NC[C@@H]2C[C@H]2C)ccc1Cl. The van der Waals surface area contributed by atoms with E-state index in [1.165, 1.54) is 25.2 Å². The molecule has 1 aliphatic carbocycles. The molecule has 0 saturated heterocycles. The fourth-order valence-corrected chi connectivity index (χ4v) is 3.22. The highest BCUT2D eigenvalue weighted by Crippen LogP contribution is 2.36. The molecule has 1 saturated carbocycles. The van der Waals surface area contributed by atoms with Crippen LogP contribution in [0.3, 0.4) is 0 Å². The zero-order chi connectivity index (χ0) is 14.9. The van der Waals surface area contributed by atoms with Crippen LogP contribution in [0.4, 0.5) is 0 Å². The van der Waals surface area contributed by atoms with Gasteiger partial charge in [0.05, 0.1) is 5.02 Å². The van der Waals surface area contributed by atoms with Gasteiger partial charge in [-0.05, 0) is 43.5 Å². The minimum Gasteiger partial charge on any atom is -0.352 e. The van der Waals surface area contributed by atoms with Crippen LogP contribution >= 0.6 is 11.6 Å². The number of carbonyl (C=O) groups excluding carboxylic acids is 1. The predicted molar refractivity (Wildman–Crippen MR) is 77.3 cm³/mol. The molecule has 1 amide bonds. The molecule has 5 nitrogen and oxygen atoms in total. The molecule has 7 heteroatoms. The highest BCUT2D eigenvalue weighted by atomic mass is 35.5. The summed E-state index contributed by atoms with van der Waals surface area (Å²) >= 11 is 5.87. The molecule has 20 heavy (non-hydrogen) atoms. The molecule has 0 spiro atoms. The minimum absolute atomic E-state index is 0.0888. The normalized spacial score (nSPS) is 21.6. The lowest BCUT2D eigenvalue weighted by molar-refractivity contribution is 0.0951. The van der Waals surface area contributed by atoms with Crippen LogP contribution < -0.4 is 10.0 Å². The van der Waals surface area contributed by atoms with Gasteiger partial charge in [0.1, 0.15) is 4.90 Å². The smallest absolute Gasteiger partial charge is 0.251 e. The number of benzene rings is 1. The summed E-state index contributed by atoms with van der Waals surface area (Å²) in [4.78, 5) is 11.9. The first kappa shape index (κ1) is 15.3. The van der Waals surface area contributed by atoms with E-state index in [0.717, 1.165) is 6.42 Å². The van der Waals surface area contributed by atoms with Crippen molar-refractivity contribution >= 4 is 27.5 Å². The summed E-state index contributed by atoms with van der Waals surface area (Å²) in [7, 11) is -2.38. The number of hydrogen-bond acceptors (Lipinski definition) is 3. The topological polar surface area (TPSA) is 75.3 Å². The van der Waals surface area contributed by atoms with Crippen molar-refractivity contribution in [2.24, 2.45) is 11.8 Å². The lowest BCUT2D eigenvalue weighted by atomic mass is 10.2. The maximum Gasteiger partial charge on any atom is 0.251 e. The molecule has 0 radical (unpaired) electrons. The average molecular weight is 317 g/mol. The fraction of sp³-hybridized carbons (Fsp3) is 0.462. The second kappa shape index (κ2) is 5.71. The van der Waals surface area contributed by atoms with Crippen molar-refractivity contribution in [1.29, 1.82) is 0 Å².